The fourth-order valence-corrected chi connectivity index (χ4v) is 1.89. The molecule has 3 nitrogen and oxygen atoms in total. The molecule has 0 fully saturated rings. The predicted molar refractivity (Wildman–Crippen MR) is 60.4 cm³/mol. The van der Waals surface area contributed by atoms with E-state index in [0.717, 1.165) is 10.6 Å². The van der Waals surface area contributed by atoms with E-state index < -0.39 is 0 Å². The monoisotopic (exact) mass is 212 g/mol. The van der Waals surface area contributed by atoms with Gasteiger partial charge in [-0.1, -0.05) is 6.92 Å². The molecule has 0 aliphatic rings. The average Bonchev–Trinajstić information content (AvgIpc) is 2.09. The summed E-state index contributed by atoms with van der Waals surface area (Å²) in [6.07, 6.45) is 1.31. The molecule has 14 heavy (non-hydrogen) atoms. The molecule has 1 rings (SSSR count). The summed E-state index contributed by atoms with van der Waals surface area (Å²) in [6.45, 7) is 5.73. The smallest absolute Gasteiger partial charge is 0.0994 e. The zero-order valence-electron chi connectivity index (χ0n) is 8.69. The Morgan fingerprint density at radius 1 is 1.50 bits per heavy atom. The first kappa shape index (κ1) is 11.3. The topological polar surface area (TPSA) is 59.1 Å². The van der Waals surface area contributed by atoms with Gasteiger partial charge < -0.3 is 10.8 Å². The number of aromatic nitrogens is 1. The summed E-state index contributed by atoms with van der Waals surface area (Å²) in [7, 11) is 0. The van der Waals surface area contributed by atoms with Crippen molar-refractivity contribution in [1.82, 2.24) is 4.98 Å². The second kappa shape index (κ2) is 4.66. The molecular formula is C10H16N2OS. The third-order valence-electron chi connectivity index (χ3n) is 2.03. The molecule has 1 aromatic rings. The molecule has 0 spiro atoms. The molecule has 0 amide bonds. The molecule has 0 bridgehead atoms. The zero-order valence-corrected chi connectivity index (χ0v) is 9.51. The van der Waals surface area contributed by atoms with Crippen LogP contribution in [-0.4, -0.2) is 21.4 Å². The lowest BCUT2D eigenvalue weighted by Crippen LogP contribution is -2.15. The van der Waals surface area contributed by atoms with E-state index in [9.17, 15) is 5.11 Å². The number of aryl methyl sites for hydroxylation is 1. The first-order valence-corrected chi connectivity index (χ1v) is 5.45. The van der Waals surface area contributed by atoms with Gasteiger partial charge in [0.25, 0.3) is 0 Å². The number of hydrogen-bond acceptors (Lipinski definition) is 4. The minimum absolute atomic E-state index is 0.143. The van der Waals surface area contributed by atoms with Gasteiger partial charge in [-0.2, -0.15) is 0 Å². The van der Waals surface area contributed by atoms with E-state index in [2.05, 4.69) is 4.98 Å². The Morgan fingerprint density at radius 3 is 2.64 bits per heavy atom. The maximum Gasteiger partial charge on any atom is 0.0994 e. The SMILES string of the molecule is Cc1cc(N)cnc1SC(C)C(C)O. The van der Waals surface area contributed by atoms with Gasteiger partial charge in [0.2, 0.25) is 0 Å². The normalized spacial score (nSPS) is 15.1. The van der Waals surface area contributed by atoms with Crippen molar-refractivity contribution in [1.29, 1.82) is 0 Å². The lowest BCUT2D eigenvalue weighted by molar-refractivity contribution is 0.196. The van der Waals surface area contributed by atoms with Gasteiger partial charge in [-0.05, 0) is 25.5 Å². The van der Waals surface area contributed by atoms with E-state index in [1.807, 2.05) is 19.9 Å². The lowest BCUT2D eigenvalue weighted by Gasteiger charge is -2.14. The highest BCUT2D eigenvalue weighted by Gasteiger charge is 2.12. The number of nitrogens with two attached hydrogens (primary N) is 1. The zero-order chi connectivity index (χ0) is 10.7. The largest absolute Gasteiger partial charge is 0.397 e. The molecule has 0 aliphatic heterocycles. The fraction of sp³-hybridized carbons (Fsp3) is 0.500. The minimum atomic E-state index is -0.334. The summed E-state index contributed by atoms with van der Waals surface area (Å²) in [5.41, 5.74) is 7.33. The van der Waals surface area contributed by atoms with Gasteiger partial charge in [-0.15, -0.1) is 11.8 Å². The van der Waals surface area contributed by atoms with Crippen molar-refractivity contribution in [2.75, 3.05) is 5.73 Å². The van der Waals surface area contributed by atoms with Gasteiger partial charge in [0.05, 0.1) is 23.0 Å². The molecule has 0 aliphatic carbocycles. The maximum atomic E-state index is 9.35. The minimum Gasteiger partial charge on any atom is -0.397 e. The Morgan fingerprint density at radius 2 is 2.14 bits per heavy atom. The van der Waals surface area contributed by atoms with Crippen LogP contribution in [0, 0.1) is 6.92 Å². The van der Waals surface area contributed by atoms with Crippen LogP contribution >= 0.6 is 11.8 Å². The first-order valence-electron chi connectivity index (χ1n) is 4.57. The van der Waals surface area contributed by atoms with Crippen molar-refractivity contribution < 1.29 is 5.11 Å². The Hall–Kier alpha value is -0.740. The highest BCUT2D eigenvalue weighted by Crippen LogP contribution is 2.26. The summed E-state index contributed by atoms with van der Waals surface area (Å²) in [4.78, 5) is 4.23. The number of thioether (sulfide) groups is 1. The quantitative estimate of drug-likeness (QED) is 0.750. The van der Waals surface area contributed by atoms with Crippen LogP contribution in [0.15, 0.2) is 17.3 Å². The molecular weight excluding hydrogens is 196 g/mol. The van der Waals surface area contributed by atoms with Crippen LogP contribution in [-0.2, 0) is 0 Å². The van der Waals surface area contributed by atoms with Gasteiger partial charge in [-0.25, -0.2) is 4.98 Å². The molecule has 1 aromatic heterocycles. The van der Waals surface area contributed by atoms with Crippen LogP contribution in [0.1, 0.15) is 19.4 Å². The molecule has 0 radical (unpaired) electrons. The average molecular weight is 212 g/mol. The number of nitrogen functional groups attached to an aromatic ring is 1. The maximum absolute atomic E-state index is 9.35. The molecule has 2 atom stereocenters. The molecule has 4 heteroatoms. The van der Waals surface area contributed by atoms with E-state index in [0.29, 0.717) is 5.69 Å². The number of aliphatic hydroxyl groups is 1. The van der Waals surface area contributed by atoms with Crippen LogP contribution in [0.25, 0.3) is 0 Å². The Balaban J connectivity index is 2.77. The van der Waals surface area contributed by atoms with E-state index in [-0.39, 0.29) is 11.4 Å². The number of aliphatic hydroxyl groups excluding tert-OH is 1. The van der Waals surface area contributed by atoms with Gasteiger partial charge in [0.15, 0.2) is 0 Å². The van der Waals surface area contributed by atoms with Crippen molar-refractivity contribution in [3.8, 4) is 0 Å². The Labute approximate surface area is 88.7 Å². The molecule has 0 aromatic carbocycles. The van der Waals surface area contributed by atoms with Crippen molar-refractivity contribution in [3.05, 3.63) is 17.8 Å². The van der Waals surface area contributed by atoms with E-state index in [4.69, 9.17) is 5.73 Å². The van der Waals surface area contributed by atoms with E-state index in [1.165, 1.54) is 0 Å². The van der Waals surface area contributed by atoms with Gasteiger partial charge >= 0.3 is 0 Å². The van der Waals surface area contributed by atoms with Gasteiger partial charge in [0.1, 0.15) is 0 Å². The third kappa shape index (κ3) is 2.89. The highest BCUT2D eigenvalue weighted by atomic mass is 32.2. The van der Waals surface area contributed by atoms with Crippen molar-refractivity contribution >= 4 is 17.4 Å². The molecule has 1 heterocycles. The van der Waals surface area contributed by atoms with Crippen molar-refractivity contribution in [2.24, 2.45) is 0 Å². The summed E-state index contributed by atoms with van der Waals surface area (Å²) < 4.78 is 0. The third-order valence-corrected chi connectivity index (χ3v) is 3.44. The standard InChI is InChI=1S/C10H16N2OS/c1-6-4-9(11)5-12-10(6)14-8(3)7(2)13/h4-5,7-8,13H,11H2,1-3H3. The van der Waals surface area contributed by atoms with Crippen molar-refractivity contribution in [2.45, 2.75) is 37.2 Å². The summed E-state index contributed by atoms with van der Waals surface area (Å²) in [6, 6.07) is 1.89. The number of hydrogen-bond donors (Lipinski definition) is 2. The van der Waals surface area contributed by atoms with Crippen LogP contribution in [0.4, 0.5) is 5.69 Å². The molecule has 0 saturated heterocycles. The van der Waals surface area contributed by atoms with Crippen LogP contribution in [0.3, 0.4) is 0 Å². The Kier molecular flexibility index (Phi) is 3.77. The van der Waals surface area contributed by atoms with E-state index >= 15 is 0 Å². The number of nitrogens with zero attached hydrogens (tertiary/aromatic N) is 1. The summed E-state index contributed by atoms with van der Waals surface area (Å²) >= 11 is 1.57. The van der Waals surface area contributed by atoms with Crippen LogP contribution < -0.4 is 5.73 Å². The molecule has 2 unspecified atom stereocenters. The molecule has 3 N–H and O–H groups in total. The second-order valence-corrected chi connectivity index (χ2v) is 4.82. The van der Waals surface area contributed by atoms with Crippen LogP contribution in [0.5, 0.6) is 0 Å². The van der Waals surface area contributed by atoms with Crippen LogP contribution in [0.2, 0.25) is 0 Å². The second-order valence-electron chi connectivity index (χ2n) is 3.45. The number of pyridine rings is 1. The summed E-state index contributed by atoms with van der Waals surface area (Å²) in [5, 5.41) is 10.4. The van der Waals surface area contributed by atoms with Crippen molar-refractivity contribution in [3.63, 3.8) is 0 Å². The lowest BCUT2D eigenvalue weighted by atomic mass is 10.3. The van der Waals surface area contributed by atoms with E-state index in [1.54, 1.807) is 24.9 Å². The first-order chi connectivity index (χ1) is 6.50. The Bertz CT molecular complexity index is 315. The number of rotatable bonds is 3. The fourth-order valence-electron chi connectivity index (χ4n) is 0.982. The molecule has 78 valence electrons. The molecule has 0 saturated carbocycles. The van der Waals surface area contributed by atoms with Gasteiger partial charge in [0, 0.05) is 5.25 Å². The number of anilines is 1. The predicted octanol–water partition coefficient (Wildman–Crippen LogP) is 1.83. The summed E-state index contributed by atoms with van der Waals surface area (Å²) in [5.74, 6) is 0. The van der Waals surface area contributed by atoms with Gasteiger partial charge in [-0.3, -0.25) is 0 Å². The highest BCUT2D eigenvalue weighted by molar-refractivity contribution is 7.99.